The van der Waals surface area contributed by atoms with E-state index in [-0.39, 0.29) is 11.9 Å². The highest BCUT2D eigenvalue weighted by molar-refractivity contribution is 5.83. The lowest BCUT2D eigenvalue weighted by Crippen LogP contribution is -2.51. The number of aryl methyl sites for hydroxylation is 1. The number of aromatic nitrogens is 2. The number of carbonyl (C=O) groups excluding carboxylic acids is 1. The minimum atomic E-state index is -0.568. The minimum Gasteiger partial charge on any atom is -0.477 e. The summed E-state index contributed by atoms with van der Waals surface area (Å²) >= 11 is 0. The number of hydrogen-bond acceptors (Lipinski definition) is 5. The molecule has 30 heavy (non-hydrogen) atoms. The highest BCUT2D eigenvalue weighted by Gasteiger charge is 2.31. The van der Waals surface area contributed by atoms with Crippen LogP contribution in [0.4, 0.5) is 5.69 Å². The van der Waals surface area contributed by atoms with Crippen molar-refractivity contribution in [3.8, 4) is 5.75 Å². The van der Waals surface area contributed by atoms with Crippen molar-refractivity contribution in [2.45, 2.75) is 52.3 Å². The normalized spacial score (nSPS) is 15.7. The van der Waals surface area contributed by atoms with Gasteiger partial charge in [0, 0.05) is 17.1 Å². The van der Waals surface area contributed by atoms with E-state index in [0.717, 1.165) is 41.0 Å². The van der Waals surface area contributed by atoms with Gasteiger partial charge in [-0.15, -0.1) is 0 Å². The maximum atomic E-state index is 12.9. The fourth-order valence-electron chi connectivity index (χ4n) is 3.92. The standard InChI is InChI=1S/C24H28N4O2/c1-4-17(5-2)26-24(29)22-14-28(20-12-8-9-13-21(20)30-22)15-23-25-16(3)18-10-6-7-11-19(18)27-23/h6-13,17,22H,4-5,14-15H2,1-3H3,(H,26,29). The van der Waals surface area contributed by atoms with E-state index in [1.165, 1.54) is 0 Å². The first-order valence-corrected chi connectivity index (χ1v) is 10.6. The summed E-state index contributed by atoms with van der Waals surface area (Å²) in [4.78, 5) is 24.5. The third kappa shape index (κ3) is 4.08. The van der Waals surface area contributed by atoms with E-state index in [1.807, 2.05) is 55.5 Å². The maximum absolute atomic E-state index is 12.9. The smallest absolute Gasteiger partial charge is 0.263 e. The van der Waals surface area contributed by atoms with Gasteiger partial charge in [-0.05, 0) is 38.0 Å². The summed E-state index contributed by atoms with van der Waals surface area (Å²) in [5, 5.41) is 4.17. The molecule has 1 aromatic heterocycles. The number of hydrogen-bond donors (Lipinski definition) is 1. The Labute approximate surface area is 177 Å². The molecule has 0 fully saturated rings. The quantitative estimate of drug-likeness (QED) is 0.672. The number of anilines is 1. The first-order chi connectivity index (χ1) is 14.6. The van der Waals surface area contributed by atoms with Crippen molar-refractivity contribution in [1.82, 2.24) is 15.3 Å². The van der Waals surface area contributed by atoms with E-state index in [1.54, 1.807) is 0 Å². The van der Waals surface area contributed by atoms with Gasteiger partial charge in [0.2, 0.25) is 0 Å². The van der Waals surface area contributed by atoms with Gasteiger partial charge >= 0.3 is 0 Å². The lowest BCUT2D eigenvalue weighted by Gasteiger charge is -2.35. The first-order valence-electron chi connectivity index (χ1n) is 10.6. The van der Waals surface area contributed by atoms with Gasteiger partial charge in [0.1, 0.15) is 11.6 Å². The van der Waals surface area contributed by atoms with Gasteiger partial charge in [-0.25, -0.2) is 9.97 Å². The van der Waals surface area contributed by atoms with Crippen molar-refractivity contribution < 1.29 is 9.53 Å². The summed E-state index contributed by atoms with van der Waals surface area (Å²) in [7, 11) is 0. The Bertz CT molecular complexity index is 1050. The molecule has 6 heteroatoms. The number of amides is 1. The molecular formula is C24H28N4O2. The number of ether oxygens (including phenoxy) is 1. The molecule has 1 N–H and O–H groups in total. The van der Waals surface area contributed by atoms with E-state index >= 15 is 0 Å². The molecule has 2 heterocycles. The zero-order valence-corrected chi connectivity index (χ0v) is 17.8. The van der Waals surface area contributed by atoms with Crippen LogP contribution in [0.15, 0.2) is 48.5 Å². The summed E-state index contributed by atoms with van der Waals surface area (Å²) in [6.07, 6.45) is 1.24. The van der Waals surface area contributed by atoms with Crippen LogP contribution in [-0.2, 0) is 11.3 Å². The van der Waals surface area contributed by atoms with Crippen LogP contribution in [0.2, 0.25) is 0 Å². The number of nitrogens with one attached hydrogen (secondary N) is 1. The molecule has 0 aliphatic carbocycles. The lowest BCUT2D eigenvalue weighted by molar-refractivity contribution is -0.128. The average Bonchev–Trinajstić information content (AvgIpc) is 2.77. The molecule has 0 saturated heterocycles. The fourth-order valence-corrected chi connectivity index (χ4v) is 3.92. The van der Waals surface area contributed by atoms with E-state index in [9.17, 15) is 4.79 Å². The van der Waals surface area contributed by atoms with Crippen LogP contribution in [0.3, 0.4) is 0 Å². The summed E-state index contributed by atoms with van der Waals surface area (Å²) in [6, 6.07) is 16.0. The van der Waals surface area contributed by atoms with Crippen LogP contribution in [0.5, 0.6) is 5.75 Å². The second-order valence-electron chi connectivity index (χ2n) is 7.72. The van der Waals surface area contributed by atoms with Gasteiger partial charge in [0.25, 0.3) is 5.91 Å². The zero-order chi connectivity index (χ0) is 21.1. The molecule has 6 nitrogen and oxygen atoms in total. The molecular weight excluding hydrogens is 376 g/mol. The Morgan fingerprint density at radius 2 is 1.87 bits per heavy atom. The number of carbonyl (C=O) groups is 1. The Morgan fingerprint density at radius 1 is 1.13 bits per heavy atom. The third-order valence-electron chi connectivity index (χ3n) is 5.66. The van der Waals surface area contributed by atoms with Crippen LogP contribution in [-0.4, -0.2) is 34.6 Å². The second kappa shape index (κ2) is 8.69. The largest absolute Gasteiger partial charge is 0.477 e. The molecule has 1 aliphatic rings. The Kier molecular flexibility index (Phi) is 5.84. The topological polar surface area (TPSA) is 67.4 Å². The lowest BCUT2D eigenvalue weighted by atomic mass is 10.1. The monoisotopic (exact) mass is 404 g/mol. The Hall–Kier alpha value is -3.15. The minimum absolute atomic E-state index is 0.0705. The highest BCUT2D eigenvalue weighted by atomic mass is 16.5. The Balaban J connectivity index is 1.61. The number of benzene rings is 2. The highest BCUT2D eigenvalue weighted by Crippen LogP contribution is 2.34. The van der Waals surface area contributed by atoms with Crippen molar-refractivity contribution in [3.05, 3.63) is 60.0 Å². The first kappa shape index (κ1) is 20.1. The SMILES string of the molecule is CCC(CC)NC(=O)C1CN(Cc2nc(C)c3ccccc3n2)c2ccccc2O1. The summed E-state index contributed by atoms with van der Waals surface area (Å²) in [6.45, 7) is 7.14. The number of fused-ring (bicyclic) bond motifs is 2. The fraction of sp³-hybridized carbons (Fsp3) is 0.375. The van der Waals surface area contributed by atoms with E-state index in [2.05, 4.69) is 24.1 Å². The van der Waals surface area contributed by atoms with Gasteiger partial charge in [0.15, 0.2) is 6.10 Å². The van der Waals surface area contributed by atoms with Gasteiger partial charge < -0.3 is 15.0 Å². The van der Waals surface area contributed by atoms with Crippen LogP contribution in [0.1, 0.15) is 38.2 Å². The number of rotatable bonds is 6. The van der Waals surface area contributed by atoms with E-state index in [0.29, 0.717) is 18.8 Å². The number of para-hydroxylation sites is 3. The van der Waals surface area contributed by atoms with Crippen LogP contribution in [0, 0.1) is 6.92 Å². The molecule has 0 saturated carbocycles. The molecule has 3 aromatic rings. The average molecular weight is 405 g/mol. The van der Waals surface area contributed by atoms with E-state index < -0.39 is 6.10 Å². The van der Waals surface area contributed by atoms with Crippen molar-refractivity contribution >= 4 is 22.5 Å². The van der Waals surface area contributed by atoms with Gasteiger partial charge in [0.05, 0.1) is 24.3 Å². The van der Waals surface area contributed by atoms with Crippen LogP contribution >= 0.6 is 0 Å². The molecule has 0 bridgehead atoms. The molecule has 1 amide bonds. The van der Waals surface area contributed by atoms with Crippen molar-refractivity contribution in [2.24, 2.45) is 0 Å². The maximum Gasteiger partial charge on any atom is 0.263 e. The Morgan fingerprint density at radius 3 is 2.67 bits per heavy atom. The summed E-state index contributed by atoms with van der Waals surface area (Å²) in [5.74, 6) is 1.38. The van der Waals surface area contributed by atoms with Crippen molar-refractivity contribution in [1.29, 1.82) is 0 Å². The van der Waals surface area contributed by atoms with Crippen molar-refractivity contribution in [2.75, 3.05) is 11.4 Å². The van der Waals surface area contributed by atoms with Crippen molar-refractivity contribution in [3.63, 3.8) is 0 Å². The predicted octanol–water partition coefficient (Wildman–Crippen LogP) is 4.01. The van der Waals surface area contributed by atoms with Gasteiger partial charge in [-0.2, -0.15) is 0 Å². The second-order valence-corrected chi connectivity index (χ2v) is 7.72. The molecule has 1 atom stereocenters. The van der Waals surface area contributed by atoms with E-state index in [4.69, 9.17) is 14.7 Å². The molecule has 0 radical (unpaired) electrons. The molecule has 1 unspecified atom stereocenters. The third-order valence-corrected chi connectivity index (χ3v) is 5.66. The number of nitrogens with zero attached hydrogens (tertiary/aromatic N) is 3. The molecule has 2 aromatic carbocycles. The zero-order valence-electron chi connectivity index (χ0n) is 17.8. The molecule has 0 spiro atoms. The molecule has 4 rings (SSSR count). The predicted molar refractivity (Wildman–Crippen MR) is 119 cm³/mol. The van der Waals surface area contributed by atoms with Crippen LogP contribution in [0.25, 0.3) is 10.9 Å². The van der Waals surface area contributed by atoms with Gasteiger partial charge in [-0.3, -0.25) is 4.79 Å². The summed E-state index contributed by atoms with van der Waals surface area (Å²) in [5.41, 5.74) is 2.85. The molecule has 156 valence electrons. The summed E-state index contributed by atoms with van der Waals surface area (Å²) < 4.78 is 6.05. The van der Waals surface area contributed by atoms with Gasteiger partial charge in [-0.1, -0.05) is 44.2 Å². The van der Waals surface area contributed by atoms with Crippen LogP contribution < -0.4 is 15.0 Å². The molecule has 1 aliphatic heterocycles.